The number of piperazine rings is 1. The van der Waals surface area contributed by atoms with Gasteiger partial charge in [0, 0.05) is 38.7 Å². The molecule has 12 heteroatoms. The van der Waals surface area contributed by atoms with Crippen LogP contribution in [-0.4, -0.2) is 72.4 Å². The van der Waals surface area contributed by atoms with Crippen LogP contribution in [0.4, 0.5) is 14.5 Å². The van der Waals surface area contributed by atoms with E-state index in [1.54, 1.807) is 4.90 Å². The second kappa shape index (κ2) is 9.97. The summed E-state index contributed by atoms with van der Waals surface area (Å²) >= 11 is 0. The summed E-state index contributed by atoms with van der Waals surface area (Å²) in [6, 6.07) is 6.11. The first kappa shape index (κ1) is 26.3. The molecule has 0 N–H and O–H groups in total. The summed E-state index contributed by atoms with van der Waals surface area (Å²) in [6.45, 7) is 0.676. The fourth-order valence-electron chi connectivity index (χ4n) is 4.59. The highest BCUT2D eigenvalue weighted by molar-refractivity contribution is 7.91. The van der Waals surface area contributed by atoms with Crippen LogP contribution in [0, 0.1) is 11.6 Å². The molecule has 2 aromatic rings. The van der Waals surface area contributed by atoms with Gasteiger partial charge in [0.1, 0.15) is 22.0 Å². The van der Waals surface area contributed by atoms with E-state index in [0.29, 0.717) is 0 Å². The zero-order valence-corrected chi connectivity index (χ0v) is 21.7. The number of amides is 1. The van der Waals surface area contributed by atoms with E-state index in [0.717, 1.165) is 50.3 Å². The largest absolute Gasteiger partial charge is 0.489 e. The highest BCUT2D eigenvalue weighted by Crippen LogP contribution is 2.33. The third-order valence-corrected chi connectivity index (χ3v) is 8.76. The van der Waals surface area contributed by atoms with Crippen LogP contribution < -0.4 is 9.64 Å². The van der Waals surface area contributed by atoms with Gasteiger partial charge < -0.3 is 14.5 Å². The Morgan fingerprint density at radius 2 is 1.56 bits per heavy atom. The van der Waals surface area contributed by atoms with E-state index in [-0.39, 0.29) is 48.6 Å². The molecule has 1 aliphatic carbocycles. The van der Waals surface area contributed by atoms with Crippen molar-refractivity contribution in [2.45, 2.75) is 41.6 Å². The molecular weight excluding hydrogens is 514 g/mol. The van der Waals surface area contributed by atoms with Crippen LogP contribution >= 0.6 is 0 Å². The average Bonchev–Trinajstić information content (AvgIpc) is 3.31. The third kappa shape index (κ3) is 5.49. The SMILES string of the molecule is CS(=O)(=O)c1ccc(N2CCN(C(=O)c3c(OC4CCCC4)ccc(S(C)(=O)=O)c3F)CC2)c(F)c1. The molecule has 1 saturated heterocycles. The Morgan fingerprint density at radius 3 is 2.11 bits per heavy atom. The molecule has 1 heterocycles. The maximum absolute atomic E-state index is 15.4. The van der Waals surface area contributed by atoms with Crippen LogP contribution in [0.1, 0.15) is 36.0 Å². The van der Waals surface area contributed by atoms with Gasteiger partial charge >= 0.3 is 0 Å². The number of hydrogen-bond donors (Lipinski definition) is 0. The molecule has 2 aliphatic rings. The molecule has 8 nitrogen and oxygen atoms in total. The predicted molar refractivity (Wildman–Crippen MR) is 130 cm³/mol. The van der Waals surface area contributed by atoms with Gasteiger partial charge in [0.05, 0.1) is 16.7 Å². The van der Waals surface area contributed by atoms with Crippen LogP contribution in [0.3, 0.4) is 0 Å². The molecular formula is C24H28F2N2O6S2. The quantitative estimate of drug-likeness (QED) is 0.553. The minimum Gasteiger partial charge on any atom is -0.489 e. The molecule has 0 unspecified atom stereocenters. The van der Waals surface area contributed by atoms with Crippen molar-refractivity contribution in [1.82, 2.24) is 4.90 Å². The predicted octanol–water partition coefficient (Wildman–Crippen LogP) is 3.06. The summed E-state index contributed by atoms with van der Waals surface area (Å²) < 4.78 is 83.5. The van der Waals surface area contributed by atoms with Crippen LogP contribution in [-0.2, 0) is 19.7 Å². The summed E-state index contributed by atoms with van der Waals surface area (Å²) in [5, 5.41) is 0. The number of sulfone groups is 2. The monoisotopic (exact) mass is 542 g/mol. The zero-order chi connectivity index (χ0) is 26.3. The molecule has 0 aromatic heterocycles. The van der Waals surface area contributed by atoms with Crippen LogP contribution in [0.25, 0.3) is 0 Å². The Morgan fingerprint density at radius 1 is 0.917 bits per heavy atom. The second-order valence-corrected chi connectivity index (χ2v) is 13.2. The first-order chi connectivity index (χ1) is 16.9. The lowest BCUT2D eigenvalue weighted by Gasteiger charge is -2.36. The standard InChI is InChI=1S/C24H28F2N2O6S2/c1-35(30,31)17-7-8-19(18(25)15-17)27-11-13-28(14-12-27)24(29)22-20(34-16-5-3-4-6-16)9-10-21(23(22)26)36(2,32)33/h7-10,15-16H,3-6,11-14H2,1-2H3. The molecule has 1 saturated carbocycles. The Labute approximate surface area is 209 Å². The molecule has 196 valence electrons. The number of halogens is 2. The van der Waals surface area contributed by atoms with Crippen molar-refractivity contribution in [3.05, 3.63) is 47.5 Å². The van der Waals surface area contributed by atoms with Crippen molar-refractivity contribution in [2.24, 2.45) is 0 Å². The fourth-order valence-corrected chi connectivity index (χ4v) is 5.97. The number of ether oxygens (including phenoxy) is 1. The second-order valence-electron chi connectivity index (χ2n) is 9.21. The van der Waals surface area contributed by atoms with Gasteiger partial charge in [0.25, 0.3) is 5.91 Å². The van der Waals surface area contributed by atoms with E-state index in [1.165, 1.54) is 23.1 Å². The maximum atomic E-state index is 15.4. The van der Waals surface area contributed by atoms with E-state index >= 15 is 4.39 Å². The number of benzene rings is 2. The highest BCUT2D eigenvalue weighted by atomic mass is 32.2. The van der Waals surface area contributed by atoms with Crippen molar-refractivity contribution < 1.29 is 35.1 Å². The summed E-state index contributed by atoms with van der Waals surface area (Å²) in [7, 11) is -7.48. The lowest BCUT2D eigenvalue weighted by atomic mass is 10.1. The number of nitrogens with zero attached hydrogens (tertiary/aromatic N) is 2. The summed E-state index contributed by atoms with van der Waals surface area (Å²) in [5.74, 6) is -2.51. The maximum Gasteiger partial charge on any atom is 0.260 e. The molecule has 0 spiro atoms. The minimum atomic E-state index is -3.92. The van der Waals surface area contributed by atoms with Crippen molar-refractivity contribution in [3.63, 3.8) is 0 Å². The number of rotatable bonds is 6. The molecule has 0 atom stereocenters. The number of carbonyl (C=O) groups is 1. The number of anilines is 1. The first-order valence-electron chi connectivity index (χ1n) is 11.6. The van der Waals surface area contributed by atoms with Gasteiger partial charge in [0.15, 0.2) is 25.5 Å². The molecule has 0 radical (unpaired) electrons. The molecule has 2 fully saturated rings. The lowest BCUT2D eigenvalue weighted by Crippen LogP contribution is -2.49. The van der Waals surface area contributed by atoms with Crippen molar-refractivity contribution in [2.75, 3.05) is 43.6 Å². The number of hydrogen-bond acceptors (Lipinski definition) is 7. The van der Waals surface area contributed by atoms with E-state index in [1.807, 2.05) is 0 Å². The van der Waals surface area contributed by atoms with Gasteiger partial charge in [-0.15, -0.1) is 0 Å². The van der Waals surface area contributed by atoms with Crippen LogP contribution in [0.2, 0.25) is 0 Å². The van der Waals surface area contributed by atoms with Crippen LogP contribution in [0.5, 0.6) is 5.75 Å². The van der Waals surface area contributed by atoms with Crippen molar-refractivity contribution in [1.29, 1.82) is 0 Å². The molecule has 1 amide bonds. The van der Waals surface area contributed by atoms with Gasteiger partial charge in [-0.1, -0.05) is 0 Å². The van der Waals surface area contributed by atoms with Gasteiger partial charge in [-0.3, -0.25) is 4.79 Å². The number of carbonyl (C=O) groups excluding carboxylic acids is 1. The zero-order valence-electron chi connectivity index (χ0n) is 20.0. The minimum absolute atomic E-state index is 0.0154. The summed E-state index contributed by atoms with van der Waals surface area (Å²) in [4.78, 5) is 15.8. The normalized spacial score (nSPS) is 17.4. The Balaban J connectivity index is 1.57. The average molecular weight is 543 g/mol. The summed E-state index contributed by atoms with van der Waals surface area (Å²) in [6.07, 6.45) is 5.16. The van der Waals surface area contributed by atoms with Gasteiger partial charge in [-0.2, -0.15) is 0 Å². The van der Waals surface area contributed by atoms with Crippen molar-refractivity contribution in [3.8, 4) is 5.75 Å². The van der Waals surface area contributed by atoms with E-state index in [4.69, 9.17) is 4.74 Å². The Kier molecular flexibility index (Phi) is 7.29. The Bertz CT molecular complexity index is 1380. The first-order valence-corrected chi connectivity index (χ1v) is 15.4. The summed E-state index contributed by atoms with van der Waals surface area (Å²) in [5.41, 5.74) is -0.216. The van der Waals surface area contributed by atoms with Crippen LogP contribution in [0.15, 0.2) is 40.1 Å². The smallest absolute Gasteiger partial charge is 0.260 e. The van der Waals surface area contributed by atoms with Gasteiger partial charge in [0.2, 0.25) is 0 Å². The van der Waals surface area contributed by atoms with Crippen molar-refractivity contribution >= 4 is 31.3 Å². The van der Waals surface area contributed by atoms with E-state index in [9.17, 15) is 26.0 Å². The highest BCUT2D eigenvalue weighted by Gasteiger charge is 2.32. The lowest BCUT2D eigenvalue weighted by molar-refractivity contribution is 0.0733. The third-order valence-electron chi connectivity index (χ3n) is 6.53. The fraction of sp³-hybridized carbons (Fsp3) is 0.458. The molecule has 0 bridgehead atoms. The topological polar surface area (TPSA) is 101 Å². The van der Waals surface area contributed by atoms with E-state index in [2.05, 4.69) is 0 Å². The Hall–Kier alpha value is -2.73. The molecule has 4 rings (SSSR count). The van der Waals surface area contributed by atoms with Gasteiger partial charge in [-0.05, 0) is 56.0 Å². The molecule has 36 heavy (non-hydrogen) atoms. The molecule has 2 aromatic carbocycles. The van der Waals surface area contributed by atoms with Gasteiger partial charge in [-0.25, -0.2) is 25.6 Å². The molecule has 1 aliphatic heterocycles. The van der Waals surface area contributed by atoms with E-state index < -0.39 is 47.7 Å².